The van der Waals surface area contributed by atoms with Gasteiger partial charge in [0.1, 0.15) is 0 Å². The predicted molar refractivity (Wildman–Crippen MR) is 151 cm³/mol. The van der Waals surface area contributed by atoms with Gasteiger partial charge < -0.3 is 9.68 Å². The Balaban J connectivity index is 1.43. The molecule has 0 aliphatic carbocycles. The summed E-state index contributed by atoms with van der Waals surface area (Å²) in [5, 5.41) is 1.22. The molecule has 0 aromatic carbocycles. The highest BCUT2D eigenvalue weighted by molar-refractivity contribution is 8.18. The molecule has 0 spiro atoms. The van der Waals surface area contributed by atoms with Crippen LogP contribution >= 0.6 is 23.5 Å². The Morgan fingerprint density at radius 1 is 0.675 bits per heavy atom. The zero-order chi connectivity index (χ0) is 29.6. The fourth-order valence-corrected chi connectivity index (χ4v) is 8.38. The summed E-state index contributed by atoms with van der Waals surface area (Å²) in [6, 6.07) is 0. The van der Waals surface area contributed by atoms with Gasteiger partial charge in [-0.15, -0.1) is 33.7 Å². The van der Waals surface area contributed by atoms with E-state index in [-0.39, 0.29) is 29.8 Å². The smallest absolute Gasteiger partial charge is 0.330 e. The second-order valence-electron chi connectivity index (χ2n) is 12.1. The molecule has 4 amide bonds. The molecule has 0 aromatic heterocycles. The summed E-state index contributed by atoms with van der Waals surface area (Å²) in [5.41, 5.74) is -1.62. The number of hydroxylamine groups is 4. The van der Waals surface area contributed by atoms with Crippen molar-refractivity contribution in [3.63, 3.8) is 0 Å². The van der Waals surface area contributed by atoms with Crippen molar-refractivity contribution < 1.29 is 38.4 Å². The number of thioether (sulfide) groups is 2. The molecule has 3 aliphatic rings. The van der Waals surface area contributed by atoms with Gasteiger partial charge in [-0.25, -0.2) is 9.59 Å². The molecule has 0 N–H and O–H groups in total. The highest BCUT2D eigenvalue weighted by Crippen LogP contribution is 2.49. The molecule has 0 atom stereocenters. The van der Waals surface area contributed by atoms with E-state index < -0.39 is 46.4 Å². The lowest BCUT2D eigenvalue weighted by Crippen LogP contribution is -2.38. The number of nitrogens with zero attached hydrogens (tertiary/aromatic N) is 2. The van der Waals surface area contributed by atoms with Crippen LogP contribution < -0.4 is 0 Å². The topological polar surface area (TPSA) is 127 Å². The van der Waals surface area contributed by atoms with Crippen molar-refractivity contribution in [1.29, 1.82) is 0 Å². The van der Waals surface area contributed by atoms with E-state index in [1.807, 2.05) is 23.5 Å². The van der Waals surface area contributed by atoms with Crippen LogP contribution in [0.5, 0.6) is 0 Å². The highest BCUT2D eigenvalue weighted by Gasteiger charge is 2.40. The van der Waals surface area contributed by atoms with Crippen LogP contribution in [-0.2, 0) is 38.4 Å². The van der Waals surface area contributed by atoms with Crippen LogP contribution in [0.2, 0.25) is 0 Å². The Morgan fingerprint density at radius 2 is 1.02 bits per heavy atom. The second-order valence-corrected chi connectivity index (χ2v) is 15.3. The van der Waals surface area contributed by atoms with Gasteiger partial charge in [0.15, 0.2) is 0 Å². The third-order valence-corrected chi connectivity index (χ3v) is 11.3. The minimum absolute atomic E-state index is 0.0756. The Hall–Kier alpha value is -2.08. The van der Waals surface area contributed by atoms with E-state index in [4.69, 9.17) is 9.68 Å². The van der Waals surface area contributed by atoms with Crippen molar-refractivity contribution in [2.75, 3.05) is 11.5 Å². The average Bonchev–Trinajstić information content (AvgIpc) is 3.40. The van der Waals surface area contributed by atoms with Crippen LogP contribution in [0.25, 0.3) is 0 Å². The van der Waals surface area contributed by atoms with Crippen molar-refractivity contribution in [3.05, 3.63) is 0 Å². The number of carbonyl (C=O) groups is 6. The number of unbranched alkanes of at least 4 members (excludes halogenated alkanes) is 2. The summed E-state index contributed by atoms with van der Waals surface area (Å²) >= 11 is 4.00. The molecule has 12 heteroatoms. The molecular formula is C28H42N2O8S2. The molecule has 10 nitrogen and oxygen atoms in total. The molecule has 0 aromatic rings. The maximum Gasteiger partial charge on any atom is 0.338 e. The molecule has 3 aliphatic heterocycles. The number of amides is 4. The molecule has 0 unspecified atom stereocenters. The molecule has 3 fully saturated rings. The Kier molecular flexibility index (Phi) is 11.1. The fourth-order valence-electron chi connectivity index (χ4n) is 4.89. The van der Waals surface area contributed by atoms with Gasteiger partial charge in [-0.2, -0.15) is 0 Å². The standard InChI is InChI=1S/C28H42N2O8S2/c1-26(2,24(35)37-29-20(31)10-11-21(29)32)14-5-7-16-28(39-18-9-19-40-28)17-8-6-15-27(3,4)25(36)38-30-22(33)12-13-23(30)34/h5-19H2,1-4H3. The minimum Gasteiger partial charge on any atom is -0.330 e. The maximum absolute atomic E-state index is 12.7. The van der Waals surface area contributed by atoms with Gasteiger partial charge in [-0.1, -0.05) is 25.7 Å². The van der Waals surface area contributed by atoms with E-state index in [1.54, 1.807) is 27.7 Å². The summed E-state index contributed by atoms with van der Waals surface area (Å²) in [5.74, 6) is -0.798. The van der Waals surface area contributed by atoms with Crippen LogP contribution in [0.3, 0.4) is 0 Å². The summed E-state index contributed by atoms with van der Waals surface area (Å²) in [4.78, 5) is 82.7. The molecule has 3 rings (SSSR count). The summed E-state index contributed by atoms with van der Waals surface area (Å²) in [6.07, 6.45) is 8.18. The van der Waals surface area contributed by atoms with Crippen molar-refractivity contribution in [2.24, 2.45) is 10.8 Å². The number of hydrogen-bond acceptors (Lipinski definition) is 10. The van der Waals surface area contributed by atoms with Crippen LogP contribution in [-0.4, -0.2) is 61.3 Å². The van der Waals surface area contributed by atoms with Gasteiger partial charge in [-0.05, 0) is 71.3 Å². The van der Waals surface area contributed by atoms with Crippen LogP contribution in [0.1, 0.15) is 111 Å². The minimum atomic E-state index is -0.812. The van der Waals surface area contributed by atoms with E-state index >= 15 is 0 Å². The van der Waals surface area contributed by atoms with Crippen molar-refractivity contribution >= 4 is 59.1 Å². The lowest BCUT2D eigenvalue weighted by molar-refractivity contribution is -0.204. The molecule has 224 valence electrons. The number of imide groups is 2. The van der Waals surface area contributed by atoms with Crippen LogP contribution in [0.15, 0.2) is 0 Å². The second kappa shape index (κ2) is 13.7. The van der Waals surface area contributed by atoms with Gasteiger partial charge in [-0.3, -0.25) is 19.2 Å². The largest absolute Gasteiger partial charge is 0.338 e. The Labute approximate surface area is 244 Å². The molecule has 3 saturated heterocycles. The Bertz CT molecular complexity index is 902. The van der Waals surface area contributed by atoms with Crippen LogP contribution in [0, 0.1) is 10.8 Å². The van der Waals surface area contributed by atoms with E-state index in [2.05, 4.69) is 0 Å². The highest BCUT2D eigenvalue weighted by atomic mass is 32.2. The fraction of sp³-hybridized carbons (Fsp3) is 0.786. The first-order chi connectivity index (χ1) is 18.8. The summed E-state index contributed by atoms with van der Waals surface area (Å²) < 4.78 is 0.0936. The molecule has 40 heavy (non-hydrogen) atoms. The monoisotopic (exact) mass is 598 g/mol. The zero-order valence-corrected chi connectivity index (χ0v) is 25.7. The van der Waals surface area contributed by atoms with Crippen LogP contribution in [0.4, 0.5) is 0 Å². The summed E-state index contributed by atoms with van der Waals surface area (Å²) in [6.45, 7) is 7.12. The van der Waals surface area contributed by atoms with Gasteiger partial charge in [0.05, 0.1) is 14.9 Å². The molecule has 0 radical (unpaired) electrons. The molecule has 0 bridgehead atoms. The average molecular weight is 599 g/mol. The van der Waals surface area contributed by atoms with Gasteiger partial charge in [0.2, 0.25) is 0 Å². The zero-order valence-electron chi connectivity index (χ0n) is 24.1. The van der Waals surface area contributed by atoms with E-state index in [1.165, 1.54) is 6.42 Å². The quantitative estimate of drug-likeness (QED) is 0.200. The first-order valence-corrected chi connectivity index (χ1v) is 16.2. The third kappa shape index (κ3) is 8.47. The van der Waals surface area contributed by atoms with Crippen molar-refractivity contribution in [2.45, 2.75) is 115 Å². The van der Waals surface area contributed by atoms with Crippen molar-refractivity contribution in [3.8, 4) is 0 Å². The summed E-state index contributed by atoms with van der Waals surface area (Å²) in [7, 11) is 0. The van der Waals surface area contributed by atoms with E-state index in [0.717, 1.165) is 50.0 Å². The Morgan fingerprint density at radius 3 is 1.38 bits per heavy atom. The molecule has 0 saturated carbocycles. The van der Waals surface area contributed by atoms with E-state index in [9.17, 15) is 28.8 Å². The lowest BCUT2D eigenvalue weighted by atomic mass is 9.86. The maximum atomic E-state index is 12.7. The number of carbonyl (C=O) groups excluding carboxylic acids is 6. The van der Waals surface area contributed by atoms with Gasteiger partial charge in [0.25, 0.3) is 23.6 Å². The van der Waals surface area contributed by atoms with E-state index in [0.29, 0.717) is 23.0 Å². The first kappa shape index (κ1) is 32.4. The SMILES string of the molecule is CC(C)(CCCCC1(CCCCC(C)(C)C(=O)ON2C(=O)CCC2=O)SCCCS1)C(=O)ON1C(=O)CCC1=O. The molecular weight excluding hydrogens is 556 g/mol. The van der Waals surface area contributed by atoms with Gasteiger partial charge in [0, 0.05) is 25.7 Å². The number of hydrogen-bond donors (Lipinski definition) is 0. The lowest BCUT2D eigenvalue weighted by Gasteiger charge is -2.37. The number of rotatable bonds is 14. The van der Waals surface area contributed by atoms with Gasteiger partial charge >= 0.3 is 11.9 Å². The first-order valence-electron chi connectivity index (χ1n) is 14.2. The predicted octanol–water partition coefficient (Wildman–Crippen LogP) is 4.94. The third-order valence-electron chi connectivity index (χ3n) is 7.70. The molecule has 3 heterocycles. The van der Waals surface area contributed by atoms with Crippen molar-refractivity contribution in [1.82, 2.24) is 10.1 Å². The normalized spacial score (nSPS) is 19.9.